The van der Waals surface area contributed by atoms with Crippen molar-refractivity contribution in [2.45, 2.75) is 13.0 Å². The second-order valence-electron chi connectivity index (χ2n) is 4.06. The molecule has 2 heterocycles. The highest BCUT2D eigenvalue weighted by atomic mass is 16.5. The van der Waals surface area contributed by atoms with Crippen molar-refractivity contribution >= 4 is 11.8 Å². The van der Waals surface area contributed by atoms with Crippen LogP contribution in [0.25, 0.3) is 0 Å². The molecule has 1 saturated heterocycles. The third kappa shape index (κ3) is 2.71. The van der Waals surface area contributed by atoms with Gasteiger partial charge >= 0.3 is 5.97 Å². The van der Waals surface area contributed by atoms with E-state index in [9.17, 15) is 4.79 Å². The van der Waals surface area contributed by atoms with E-state index in [-0.39, 0.29) is 5.69 Å². The molecule has 1 aliphatic rings. The number of methoxy groups -OCH3 is 1. The zero-order chi connectivity index (χ0) is 12.3. The molecule has 6 nitrogen and oxygen atoms in total. The van der Waals surface area contributed by atoms with Gasteiger partial charge in [-0.2, -0.15) is 0 Å². The van der Waals surface area contributed by atoms with E-state index in [2.05, 4.69) is 31.8 Å². The average molecular weight is 236 g/mol. The first-order valence-electron chi connectivity index (χ1n) is 5.59. The van der Waals surface area contributed by atoms with Crippen LogP contribution in [-0.2, 0) is 4.74 Å². The summed E-state index contributed by atoms with van der Waals surface area (Å²) in [4.78, 5) is 21.8. The summed E-state index contributed by atoms with van der Waals surface area (Å²) < 4.78 is 4.63. The monoisotopic (exact) mass is 236 g/mol. The van der Waals surface area contributed by atoms with Gasteiger partial charge in [0.1, 0.15) is 5.82 Å². The molecule has 0 unspecified atom stereocenters. The van der Waals surface area contributed by atoms with Crippen LogP contribution in [0.1, 0.15) is 17.4 Å². The maximum atomic E-state index is 11.4. The predicted octanol–water partition coefficient (Wildman–Crippen LogP) is 0.0613. The standard InChI is InChI=1S/C11H16N4O2/c1-8-7-15(4-3-13-8)10-6-12-5-9(14-10)11(16)17-2/h5-6,8,13H,3-4,7H2,1-2H3/t8-/m1/s1. The average Bonchev–Trinajstić information content (AvgIpc) is 2.38. The van der Waals surface area contributed by atoms with Crippen LogP contribution in [0.15, 0.2) is 12.4 Å². The first-order chi connectivity index (χ1) is 8.20. The van der Waals surface area contributed by atoms with Gasteiger partial charge in [0.05, 0.1) is 19.5 Å². The zero-order valence-electron chi connectivity index (χ0n) is 10.0. The van der Waals surface area contributed by atoms with Gasteiger partial charge < -0.3 is 15.0 Å². The van der Waals surface area contributed by atoms with Crippen molar-refractivity contribution < 1.29 is 9.53 Å². The summed E-state index contributed by atoms with van der Waals surface area (Å²) in [6, 6.07) is 0.410. The number of hydrogen-bond donors (Lipinski definition) is 1. The summed E-state index contributed by atoms with van der Waals surface area (Å²) in [6.07, 6.45) is 3.09. The van der Waals surface area contributed by atoms with Crippen molar-refractivity contribution in [3.05, 3.63) is 18.1 Å². The van der Waals surface area contributed by atoms with Gasteiger partial charge in [-0.05, 0) is 6.92 Å². The molecule has 0 aromatic carbocycles. The molecule has 0 bridgehead atoms. The Kier molecular flexibility index (Phi) is 3.53. The van der Waals surface area contributed by atoms with Crippen LogP contribution < -0.4 is 10.2 Å². The molecule has 2 rings (SSSR count). The van der Waals surface area contributed by atoms with Crippen molar-refractivity contribution in [1.29, 1.82) is 0 Å². The van der Waals surface area contributed by atoms with Gasteiger partial charge in [0, 0.05) is 25.7 Å². The van der Waals surface area contributed by atoms with E-state index < -0.39 is 5.97 Å². The van der Waals surface area contributed by atoms with Crippen LogP contribution in [0.4, 0.5) is 5.82 Å². The minimum absolute atomic E-state index is 0.246. The number of nitrogens with one attached hydrogen (secondary N) is 1. The quantitative estimate of drug-likeness (QED) is 0.732. The van der Waals surface area contributed by atoms with Crippen LogP contribution in [0.3, 0.4) is 0 Å². The van der Waals surface area contributed by atoms with E-state index >= 15 is 0 Å². The number of carbonyl (C=O) groups is 1. The number of aromatic nitrogens is 2. The van der Waals surface area contributed by atoms with Crippen molar-refractivity contribution in [1.82, 2.24) is 15.3 Å². The lowest BCUT2D eigenvalue weighted by Gasteiger charge is -2.32. The fourth-order valence-electron chi connectivity index (χ4n) is 1.85. The van der Waals surface area contributed by atoms with Gasteiger partial charge in [-0.3, -0.25) is 4.98 Å². The Morgan fingerprint density at radius 1 is 1.59 bits per heavy atom. The first-order valence-corrected chi connectivity index (χ1v) is 5.59. The number of rotatable bonds is 2. The molecule has 17 heavy (non-hydrogen) atoms. The third-order valence-electron chi connectivity index (χ3n) is 2.71. The van der Waals surface area contributed by atoms with Crippen LogP contribution in [0.2, 0.25) is 0 Å². The fraction of sp³-hybridized carbons (Fsp3) is 0.545. The van der Waals surface area contributed by atoms with Crippen LogP contribution in [0, 0.1) is 0 Å². The van der Waals surface area contributed by atoms with Crippen LogP contribution >= 0.6 is 0 Å². The first kappa shape index (κ1) is 11.8. The smallest absolute Gasteiger partial charge is 0.358 e. The SMILES string of the molecule is COC(=O)c1cncc(N2CCN[C@H](C)C2)n1. The normalized spacial score (nSPS) is 20.1. The molecule has 0 saturated carbocycles. The Bertz CT molecular complexity index is 410. The third-order valence-corrected chi connectivity index (χ3v) is 2.71. The lowest BCUT2D eigenvalue weighted by molar-refractivity contribution is 0.0593. The van der Waals surface area contributed by atoms with Gasteiger partial charge in [-0.15, -0.1) is 0 Å². The predicted molar refractivity (Wildman–Crippen MR) is 63.0 cm³/mol. The van der Waals surface area contributed by atoms with Crippen LogP contribution in [-0.4, -0.2) is 48.7 Å². The van der Waals surface area contributed by atoms with E-state index in [1.807, 2.05) is 0 Å². The van der Waals surface area contributed by atoms with Crippen molar-refractivity contribution in [2.24, 2.45) is 0 Å². The van der Waals surface area contributed by atoms with Gasteiger partial charge in [0.15, 0.2) is 5.69 Å². The number of piperazine rings is 1. The highest BCUT2D eigenvalue weighted by Gasteiger charge is 2.18. The number of carbonyl (C=O) groups excluding carboxylic acids is 1. The van der Waals surface area contributed by atoms with Crippen LogP contribution in [0.5, 0.6) is 0 Å². The lowest BCUT2D eigenvalue weighted by Crippen LogP contribution is -2.49. The number of ether oxygens (including phenoxy) is 1. The maximum Gasteiger partial charge on any atom is 0.358 e. The molecular formula is C11H16N4O2. The Hall–Kier alpha value is -1.69. The van der Waals surface area contributed by atoms with E-state index in [1.54, 1.807) is 6.20 Å². The zero-order valence-corrected chi connectivity index (χ0v) is 10.0. The van der Waals surface area contributed by atoms with Gasteiger partial charge in [-0.25, -0.2) is 9.78 Å². The Labute approximate surface area is 100 Å². The number of esters is 1. The van der Waals surface area contributed by atoms with E-state index in [0.29, 0.717) is 6.04 Å². The molecule has 1 aromatic rings. The minimum atomic E-state index is -0.456. The Balaban J connectivity index is 2.17. The summed E-state index contributed by atoms with van der Waals surface area (Å²) >= 11 is 0. The van der Waals surface area contributed by atoms with Crippen molar-refractivity contribution in [2.75, 3.05) is 31.6 Å². The molecule has 1 atom stereocenters. The highest BCUT2D eigenvalue weighted by molar-refractivity contribution is 5.87. The van der Waals surface area contributed by atoms with E-state index in [0.717, 1.165) is 25.5 Å². The molecular weight excluding hydrogens is 220 g/mol. The molecule has 1 aliphatic heterocycles. The summed E-state index contributed by atoms with van der Waals surface area (Å²) in [5.41, 5.74) is 0.246. The number of anilines is 1. The van der Waals surface area contributed by atoms with Crippen molar-refractivity contribution in [3.8, 4) is 0 Å². The molecule has 0 radical (unpaired) electrons. The highest BCUT2D eigenvalue weighted by Crippen LogP contribution is 2.12. The largest absolute Gasteiger partial charge is 0.464 e. The van der Waals surface area contributed by atoms with Gasteiger partial charge in [-0.1, -0.05) is 0 Å². The number of hydrogen-bond acceptors (Lipinski definition) is 6. The molecule has 1 aromatic heterocycles. The molecule has 0 amide bonds. The molecule has 0 aliphatic carbocycles. The maximum absolute atomic E-state index is 11.4. The summed E-state index contributed by atoms with van der Waals surface area (Å²) in [6.45, 7) is 4.75. The minimum Gasteiger partial charge on any atom is -0.464 e. The Morgan fingerprint density at radius 3 is 3.12 bits per heavy atom. The van der Waals surface area contributed by atoms with Crippen molar-refractivity contribution in [3.63, 3.8) is 0 Å². The van der Waals surface area contributed by atoms with Gasteiger partial charge in [0.25, 0.3) is 0 Å². The molecule has 6 heteroatoms. The second-order valence-corrected chi connectivity index (χ2v) is 4.06. The molecule has 92 valence electrons. The van der Waals surface area contributed by atoms with E-state index in [1.165, 1.54) is 13.3 Å². The summed E-state index contributed by atoms with van der Waals surface area (Å²) in [5.74, 6) is 0.267. The van der Waals surface area contributed by atoms with E-state index in [4.69, 9.17) is 0 Å². The molecule has 1 N–H and O–H groups in total. The molecule has 1 fully saturated rings. The summed E-state index contributed by atoms with van der Waals surface area (Å²) in [5, 5.41) is 3.35. The summed E-state index contributed by atoms with van der Waals surface area (Å²) in [7, 11) is 1.34. The lowest BCUT2D eigenvalue weighted by atomic mass is 10.2. The Morgan fingerprint density at radius 2 is 2.41 bits per heavy atom. The van der Waals surface area contributed by atoms with Gasteiger partial charge in [0.2, 0.25) is 0 Å². The fourth-order valence-corrected chi connectivity index (χ4v) is 1.85. The number of nitrogens with zero attached hydrogens (tertiary/aromatic N) is 3. The molecule has 0 spiro atoms. The topological polar surface area (TPSA) is 67.3 Å². The second kappa shape index (κ2) is 5.09.